The fourth-order valence-electron chi connectivity index (χ4n) is 1.94. The van der Waals surface area contributed by atoms with Crippen molar-refractivity contribution < 1.29 is 19.1 Å². The number of hydrogen-bond donors (Lipinski definition) is 1. The summed E-state index contributed by atoms with van der Waals surface area (Å²) in [7, 11) is 0. The van der Waals surface area contributed by atoms with Crippen LogP contribution in [-0.4, -0.2) is 17.7 Å². The first-order chi connectivity index (χ1) is 9.11. The molecule has 5 nitrogen and oxygen atoms in total. The Morgan fingerprint density at radius 2 is 2.21 bits per heavy atom. The number of benzene rings is 1. The molecule has 0 bridgehead atoms. The number of hydrogen-bond acceptors (Lipinski definition) is 4. The molecule has 0 aliphatic heterocycles. The Kier molecular flexibility index (Phi) is 3.85. The topological polar surface area (TPSA) is 76.7 Å². The molecule has 0 unspecified atom stereocenters. The molecule has 0 saturated carbocycles. The lowest BCUT2D eigenvalue weighted by atomic mass is 10.1. The highest BCUT2D eigenvalue weighted by molar-refractivity contribution is 5.85. The average Bonchev–Trinajstić information content (AvgIpc) is 2.37. The zero-order chi connectivity index (χ0) is 13.8. The molecule has 0 saturated heterocycles. The molecule has 0 atom stereocenters. The van der Waals surface area contributed by atoms with Crippen molar-refractivity contribution in [2.75, 3.05) is 6.61 Å². The van der Waals surface area contributed by atoms with Crippen molar-refractivity contribution in [3.05, 3.63) is 40.2 Å². The highest BCUT2D eigenvalue weighted by Gasteiger charge is 2.11. The lowest BCUT2D eigenvalue weighted by molar-refractivity contribution is -0.136. The summed E-state index contributed by atoms with van der Waals surface area (Å²) in [5.74, 6) is -0.406. The van der Waals surface area contributed by atoms with Gasteiger partial charge in [0.15, 0.2) is 11.3 Å². The minimum absolute atomic E-state index is 0.0303. The summed E-state index contributed by atoms with van der Waals surface area (Å²) in [5.41, 5.74) is 0.535. The number of rotatable bonds is 5. The van der Waals surface area contributed by atoms with Gasteiger partial charge in [0.2, 0.25) is 0 Å². The maximum Gasteiger partial charge on any atom is 0.336 e. The Labute approximate surface area is 109 Å². The van der Waals surface area contributed by atoms with E-state index < -0.39 is 11.6 Å². The first-order valence-corrected chi connectivity index (χ1v) is 6.02. The molecule has 0 spiro atoms. The molecule has 0 aliphatic rings. The summed E-state index contributed by atoms with van der Waals surface area (Å²) in [6.45, 7) is 2.30. The number of aliphatic carboxylic acids is 1. The summed E-state index contributed by atoms with van der Waals surface area (Å²) in [5, 5.41) is 9.44. The second kappa shape index (κ2) is 5.56. The SMILES string of the molecule is CCOc1cccc2c(CCC(=O)O)cc(=O)oc12. The van der Waals surface area contributed by atoms with Crippen molar-refractivity contribution in [3.8, 4) is 5.75 Å². The fourth-order valence-corrected chi connectivity index (χ4v) is 1.94. The first kappa shape index (κ1) is 13.1. The Morgan fingerprint density at radius 3 is 2.89 bits per heavy atom. The first-order valence-electron chi connectivity index (χ1n) is 6.02. The summed E-state index contributed by atoms with van der Waals surface area (Å²) in [6, 6.07) is 6.63. The second-order valence-electron chi connectivity index (χ2n) is 4.05. The summed E-state index contributed by atoms with van der Waals surface area (Å²) in [4.78, 5) is 22.2. The van der Waals surface area contributed by atoms with Gasteiger partial charge in [0, 0.05) is 17.9 Å². The Bertz CT molecular complexity index is 656. The summed E-state index contributed by atoms with van der Waals surface area (Å²) >= 11 is 0. The maximum absolute atomic E-state index is 11.5. The number of carboxylic acids is 1. The van der Waals surface area contributed by atoms with E-state index in [1.165, 1.54) is 6.07 Å². The van der Waals surface area contributed by atoms with Gasteiger partial charge in [-0.1, -0.05) is 12.1 Å². The van der Waals surface area contributed by atoms with Crippen LogP contribution in [0, 0.1) is 0 Å². The van der Waals surface area contributed by atoms with Crippen molar-refractivity contribution in [2.45, 2.75) is 19.8 Å². The normalized spacial score (nSPS) is 10.6. The van der Waals surface area contributed by atoms with E-state index in [9.17, 15) is 9.59 Å². The molecular formula is C14H14O5. The van der Waals surface area contributed by atoms with Crippen LogP contribution < -0.4 is 10.4 Å². The largest absolute Gasteiger partial charge is 0.490 e. The average molecular weight is 262 g/mol. The lowest BCUT2D eigenvalue weighted by Gasteiger charge is -2.08. The van der Waals surface area contributed by atoms with Gasteiger partial charge in [0.25, 0.3) is 0 Å². The Hall–Kier alpha value is -2.30. The third-order valence-electron chi connectivity index (χ3n) is 2.73. The van der Waals surface area contributed by atoms with Crippen LogP contribution in [0.2, 0.25) is 0 Å². The summed E-state index contributed by atoms with van der Waals surface area (Å²) in [6.07, 6.45) is 0.254. The van der Waals surface area contributed by atoms with Gasteiger partial charge < -0.3 is 14.3 Å². The predicted molar refractivity (Wildman–Crippen MR) is 69.6 cm³/mol. The van der Waals surface area contributed by atoms with E-state index in [1.54, 1.807) is 18.2 Å². The van der Waals surface area contributed by atoms with Gasteiger partial charge in [-0.3, -0.25) is 4.79 Å². The molecule has 2 aromatic rings. The molecule has 1 aromatic carbocycles. The van der Waals surface area contributed by atoms with Gasteiger partial charge in [-0.25, -0.2) is 4.79 Å². The zero-order valence-electron chi connectivity index (χ0n) is 10.5. The standard InChI is InChI=1S/C14H14O5/c1-2-18-11-5-3-4-10-9(6-7-12(15)16)8-13(17)19-14(10)11/h3-5,8H,2,6-7H2,1H3,(H,15,16). The molecule has 19 heavy (non-hydrogen) atoms. The van der Waals surface area contributed by atoms with Crippen molar-refractivity contribution in [2.24, 2.45) is 0 Å². The van der Waals surface area contributed by atoms with Gasteiger partial charge in [-0.15, -0.1) is 0 Å². The van der Waals surface area contributed by atoms with Gasteiger partial charge in [0.1, 0.15) is 0 Å². The highest BCUT2D eigenvalue weighted by Crippen LogP contribution is 2.27. The molecule has 0 amide bonds. The van der Waals surface area contributed by atoms with Gasteiger partial charge in [0.05, 0.1) is 6.61 Å². The lowest BCUT2D eigenvalue weighted by Crippen LogP contribution is -2.04. The molecule has 0 fully saturated rings. The molecule has 1 N–H and O–H groups in total. The van der Waals surface area contributed by atoms with Gasteiger partial charge >= 0.3 is 11.6 Å². The predicted octanol–water partition coefficient (Wildman–Crippen LogP) is 2.21. The fraction of sp³-hybridized carbons (Fsp3) is 0.286. The van der Waals surface area contributed by atoms with E-state index in [1.807, 2.05) is 6.92 Å². The van der Waals surface area contributed by atoms with E-state index in [4.69, 9.17) is 14.3 Å². The van der Waals surface area contributed by atoms with Crippen molar-refractivity contribution in [1.29, 1.82) is 0 Å². The number of aryl methyl sites for hydroxylation is 1. The monoisotopic (exact) mass is 262 g/mol. The van der Waals surface area contributed by atoms with Crippen LogP contribution in [0.3, 0.4) is 0 Å². The van der Waals surface area contributed by atoms with Crippen LogP contribution in [0.25, 0.3) is 11.0 Å². The number of ether oxygens (including phenoxy) is 1. The minimum atomic E-state index is -0.901. The van der Waals surface area contributed by atoms with Crippen LogP contribution in [0.4, 0.5) is 0 Å². The zero-order valence-corrected chi connectivity index (χ0v) is 10.5. The maximum atomic E-state index is 11.5. The van der Waals surface area contributed by atoms with Crippen molar-refractivity contribution in [1.82, 2.24) is 0 Å². The van der Waals surface area contributed by atoms with E-state index in [0.29, 0.717) is 28.9 Å². The van der Waals surface area contributed by atoms with E-state index >= 15 is 0 Å². The van der Waals surface area contributed by atoms with Crippen LogP contribution in [-0.2, 0) is 11.2 Å². The molecule has 0 aliphatic carbocycles. The van der Waals surface area contributed by atoms with E-state index in [2.05, 4.69) is 0 Å². The van der Waals surface area contributed by atoms with Crippen molar-refractivity contribution >= 4 is 16.9 Å². The van der Waals surface area contributed by atoms with Gasteiger partial charge in [-0.05, 0) is 25.0 Å². The number of carboxylic acid groups (broad SMARTS) is 1. The molecule has 1 heterocycles. The number of carbonyl (C=O) groups is 1. The van der Waals surface area contributed by atoms with Crippen LogP contribution in [0.15, 0.2) is 33.5 Å². The third kappa shape index (κ3) is 2.93. The van der Waals surface area contributed by atoms with E-state index in [0.717, 1.165) is 0 Å². The van der Waals surface area contributed by atoms with Crippen LogP contribution in [0.1, 0.15) is 18.9 Å². The molecular weight excluding hydrogens is 248 g/mol. The summed E-state index contributed by atoms with van der Waals surface area (Å²) < 4.78 is 10.6. The quantitative estimate of drug-likeness (QED) is 0.836. The van der Waals surface area contributed by atoms with Crippen molar-refractivity contribution in [3.63, 3.8) is 0 Å². The number of para-hydroxylation sites is 1. The Balaban J connectivity index is 2.55. The highest BCUT2D eigenvalue weighted by atomic mass is 16.5. The Morgan fingerprint density at radius 1 is 1.42 bits per heavy atom. The molecule has 5 heteroatoms. The van der Waals surface area contributed by atoms with Crippen LogP contribution in [0.5, 0.6) is 5.75 Å². The van der Waals surface area contributed by atoms with Gasteiger partial charge in [-0.2, -0.15) is 0 Å². The van der Waals surface area contributed by atoms with Crippen LogP contribution >= 0.6 is 0 Å². The molecule has 0 radical (unpaired) electrons. The molecule has 1 aromatic heterocycles. The molecule has 100 valence electrons. The third-order valence-corrected chi connectivity index (χ3v) is 2.73. The minimum Gasteiger partial charge on any atom is -0.490 e. The number of fused-ring (bicyclic) bond motifs is 1. The smallest absolute Gasteiger partial charge is 0.336 e. The molecule has 2 rings (SSSR count). The second-order valence-corrected chi connectivity index (χ2v) is 4.05. The van der Waals surface area contributed by atoms with E-state index in [-0.39, 0.29) is 12.8 Å².